The maximum atomic E-state index is 14.5. The third kappa shape index (κ3) is 8.44. The van der Waals surface area contributed by atoms with Gasteiger partial charge in [-0.05, 0) is 67.0 Å². The minimum atomic E-state index is -1.25. The van der Waals surface area contributed by atoms with Crippen molar-refractivity contribution >= 4 is 36.0 Å². The molecule has 1 fully saturated rings. The van der Waals surface area contributed by atoms with Crippen LogP contribution in [0.1, 0.15) is 75.3 Å². The molecule has 0 radical (unpaired) electrons. The van der Waals surface area contributed by atoms with E-state index in [1.165, 1.54) is 24.1 Å². The summed E-state index contributed by atoms with van der Waals surface area (Å²) in [7, 11) is 1.31. The number of hydrogen-bond acceptors (Lipinski definition) is 5. The van der Waals surface area contributed by atoms with Gasteiger partial charge in [-0.15, -0.1) is 0 Å². The summed E-state index contributed by atoms with van der Waals surface area (Å²) in [6.45, 7) is 7.36. The molecule has 0 spiro atoms. The quantitative estimate of drug-likeness (QED) is 0.150. The molecule has 3 aromatic carbocycles. The molecule has 1 unspecified atom stereocenters. The molecule has 1 saturated heterocycles. The predicted molar refractivity (Wildman–Crippen MR) is 178 cm³/mol. The van der Waals surface area contributed by atoms with Crippen molar-refractivity contribution in [2.24, 2.45) is 5.92 Å². The first-order valence-electron chi connectivity index (χ1n) is 15.6. The summed E-state index contributed by atoms with van der Waals surface area (Å²) in [5.74, 6) is -3.03. The molecular weight excluding hydrogens is 601 g/mol. The molecule has 4 amide bonds. The van der Waals surface area contributed by atoms with E-state index in [1.54, 1.807) is 13.8 Å². The zero-order valence-electron chi connectivity index (χ0n) is 27.4. The number of aliphatic carboxylic acids is 1. The fraction of sp³-hybridized carbons (Fsp3) is 0.351. The number of nitrogens with one attached hydrogen (secondary N) is 1. The monoisotopic (exact) mass is 643 g/mol. The number of hydrogen-bond donors (Lipinski definition) is 2. The maximum absolute atomic E-state index is 14.5. The maximum Gasteiger partial charge on any atom is 0.328 e. The number of halogens is 1. The van der Waals surface area contributed by atoms with Crippen LogP contribution in [-0.2, 0) is 20.9 Å². The molecule has 0 aliphatic carbocycles. The zero-order valence-corrected chi connectivity index (χ0v) is 27.4. The first-order chi connectivity index (χ1) is 22.3. The molecule has 0 aromatic heterocycles. The Balaban J connectivity index is 1.57. The first kappa shape index (κ1) is 34.9. The van der Waals surface area contributed by atoms with Crippen molar-refractivity contribution in [2.45, 2.75) is 71.1 Å². The van der Waals surface area contributed by atoms with E-state index in [1.807, 2.05) is 80.6 Å². The van der Waals surface area contributed by atoms with Gasteiger partial charge in [0.05, 0.1) is 19.6 Å². The number of benzene rings is 3. The number of carboxylic acids is 1. The third-order valence-electron chi connectivity index (χ3n) is 8.35. The normalized spacial score (nSPS) is 15.7. The molecule has 10 heteroatoms. The number of carbonyl (C=O) groups is 4. The highest BCUT2D eigenvalue weighted by Crippen LogP contribution is 2.33. The molecule has 0 saturated carbocycles. The van der Waals surface area contributed by atoms with Gasteiger partial charge < -0.3 is 20.1 Å². The Kier molecular flexibility index (Phi) is 11.2. The number of carbonyl (C=O) groups excluding carboxylic acids is 3. The SMILES string of the molecule is COc1ccc(C(CC(=O)O)NC(=O)[C@H](CCC(C)C)N2C(=O)N(Cc3ccc(/C=C/c4ccccc4)cc3)C(C)(C)C2=O)cc1F. The van der Waals surface area contributed by atoms with Crippen LogP contribution >= 0.6 is 0 Å². The van der Waals surface area contributed by atoms with E-state index in [0.717, 1.165) is 27.7 Å². The molecule has 9 nitrogen and oxygen atoms in total. The van der Waals surface area contributed by atoms with Crippen molar-refractivity contribution < 1.29 is 33.4 Å². The Morgan fingerprint density at radius 1 is 0.957 bits per heavy atom. The number of nitrogens with zero attached hydrogens (tertiary/aromatic N) is 2. The van der Waals surface area contributed by atoms with Crippen LogP contribution in [0.4, 0.5) is 9.18 Å². The number of imide groups is 1. The van der Waals surface area contributed by atoms with Crippen LogP contribution in [0.5, 0.6) is 5.75 Å². The standard InChI is InChI=1S/C37H42FN3O6/c1-24(2)11-19-31(34(44)39-30(22-33(42)43)28-18-20-32(47-5)29(38)21-28)41-35(45)37(3,4)40(36(41)46)23-27-16-14-26(15-17-27)13-12-25-9-7-6-8-10-25/h6-10,12-18,20-21,24,30-31H,11,19,22-23H2,1-5H3,(H,39,44)(H,42,43)/b13-12+/t30?,31-/m0/s1. The number of urea groups is 1. The number of carboxylic acid groups (broad SMARTS) is 1. The van der Waals surface area contributed by atoms with Crippen LogP contribution < -0.4 is 10.1 Å². The number of rotatable bonds is 14. The van der Waals surface area contributed by atoms with Crippen LogP contribution in [0, 0.1) is 11.7 Å². The van der Waals surface area contributed by atoms with E-state index >= 15 is 0 Å². The van der Waals surface area contributed by atoms with Crippen molar-refractivity contribution in [3.8, 4) is 5.75 Å². The van der Waals surface area contributed by atoms with E-state index in [9.17, 15) is 28.7 Å². The van der Waals surface area contributed by atoms with Crippen LogP contribution in [0.3, 0.4) is 0 Å². The van der Waals surface area contributed by atoms with Crippen LogP contribution in [0.15, 0.2) is 72.8 Å². The molecular formula is C37H42FN3O6. The Morgan fingerprint density at radius 3 is 2.17 bits per heavy atom. The van der Waals surface area contributed by atoms with Gasteiger partial charge in [0.25, 0.3) is 5.91 Å². The van der Waals surface area contributed by atoms with E-state index in [-0.39, 0.29) is 30.2 Å². The van der Waals surface area contributed by atoms with Crippen LogP contribution in [0.25, 0.3) is 12.2 Å². The van der Waals surface area contributed by atoms with Crippen molar-refractivity contribution in [1.82, 2.24) is 15.1 Å². The van der Waals surface area contributed by atoms with Gasteiger partial charge in [0, 0.05) is 6.54 Å². The Hall–Kier alpha value is -4.99. The van der Waals surface area contributed by atoms with E-state index < -0.39 is 53.7 Å². The summed E-state index contributed by atoms with van der Waals surface area (Å²) in [5, 5.41) is 12.3. The largest absolute Gasteiger partial charge is 0.494 e. The van der Waals surface area contributed by atoms with E-state index in [0.29, 0.717) is 6.42 Å². The highest BCUT2D eigenvalue weighted by molar-refractivity contribution is 6.09. The van der Waals surface area contributed by atoms with E-state index in [2.05, 4.69) is 5.32 Å². The Morgan fingerprint density at radius 2 is 1.60 bits per heavy atom. The molecule has 1 aliphatic rings. The topological polar surface area (TPSA) is 116 Å². The molecule has 2 atom stereocenters. The van der Waals surface area contributed by atoms with Crippen molar-refractivity contribution in [2.75, 3.05) is 7.11 Å². The minimum Gasteiger partial charge on any atom is -0.494 e. The van der Waals surface area contributed by atoms with Crippen molar-refractivity contribution in [3.63, 3.8) is 0 Å². The smallest absolute Gasteiger partial charge is 0.328 e. The van der Waals surface area contributed by atoms with Gasteiger partial charge in [0.1, 0.15) is 11.6 Å². The molecule has 1 heterocycles. The van der Waals surface area contributed by atoms with Crippen molar-refractivity contribution in [3.05, 3.63) is 101 Å². The van der Waals surface area contributed by atoms with Gasteiger partial charge in [-0.3, -0.25) is 14.4 Å². The molecule has 0 bridgehead atoms. The number of methoxy groups -OCH3 is 1. The molecule has 47 heavy (non-hydrogen) atoms. The lowest BCUT2D eigenvalue weighted by Gasteiger charge is -2.28. The minimum absolute atomic E-state index is 0.0298. The predicted octanol–water partition coefficient (Wildman–Crippen LogP) is 6.68. The van der Waals surface area contributed by atoms with Gasteiger partial charge >= 0.3 is 12.0 Å². The summed E-state index contributed by atoms with van der Waals surface area (Å²) >= 11 is 0. The number of ether oxygens (including phenoxy) is 1. The van der Waals surface area contributed by atoms with Crippen LogP contribution in [0.2, 0.25) is 0 Å². The average Bonchev–Trinajstić information content (AvgIpc) is 3.19. The van der Waals surface area contributed by atoms with Gasteiger partial charge in [-0.1, -0.05) is 86.7 Å². The molecule has 248 valence electrons. The summed E-state index contributed by atoms with van der Waals surface area (Å²) < 4.78 is 19.5. The molecule has 1 aliphatic heterocycles. The second-order valence-electron chi connectivity index (χ2n) is 12.6. The first-order valence-corrected chi connectivity index (χ1v) is 15.6. The third-order valence-corrected chi connectivity index (χ3v) is 8.35. The zero-order chi connectivity index (χ0) is 34.3. The lowest BCUT2D eigenvalue weighted by Crippen LogP contribution is -2.51. The Labute approximate surface area is 275 Å². The van der Waals surface area contributed by atoms with E-state index in [4.69, 9.17) is 4.74 Å². The van der Waals surface area contributed by atoms with Gasteiger partial charge in [-0.2, -0.15) is 0 Å². The van der Waals surface area contributed by atoms with Gasteiger partial charge in [-0.25, -0.2) is 14.1 Å². The average molecular weight is 644 g/mol. The fourth-order valence-electron chi connectivity index (χ4n) is 5.54. The summed E-state index contributed by atoms with van der Waals surface area (Å²) in [6.07, 6.45) is 4.15. The lowest BCUT2D eigenvalue weighted by molar-refractivity contribution is -0.140. The van der Waals surface area contributed by atoms with Crippen molar-refractivity contribution in [1.29, 1.82) is 0 Å². The summed E-state index contributed by atoms with van der Waals surface area (Å²) in [6, 6.07) is 18.6. The molecule has 2 N–H and O–H groups in total. The molecule has 3 aromatic rings. The van der Waals surface area contributed by atoms with Gasteiger partial charge in [0.2, 0.25) is 5.91 Å². The van der Waals surface area contributed by atoms with Gasteiger partial charge in [0.15, 0.2) is 11.6 Å². The highest BCUT2D eigenvalue weighted by Gasteiger charge is 2.54. The van der Waals surface area contributed by atoms with Crippen LogP contribution in [-0.4, -0.2) is 57.4 Å². The summed E-state index contributed by atoms with van der Waals surface area (Å²) in [4.78, 5) is 55.9. The lowest BCUT2D eigenvalue weighted by atomic mass is 9.98. The molecule has 4 rings (SSSR count). The number of amides is 4. The Bertz CT molecular complexity index is 1620. The highest BCUT2D eigenvalue weighted by atomic mass is 19.1. The summed E-state index contributed by atoms with van der Waals surface area (Å²) in [5.41, 5.74) is 1.81. The second kappa shape index (κ2) is 15.1. The second-order valence-corrected chi connectivity index (χ2v) is 12.6. The fourth-order valence-corrected chi connectivity index (χ4v) is 5.54.